The second kappa shape index (κ2) is 7.99. The maximum atomic E-state index is 12.5. The molecule has 0 radical (unpaired) electrons. The first-order chi connectivity index (χ1) is 12.1. The molecule has 8 heteroatoms. The van der Waals surface area contributed by atoms with E-state index in [0.717, 1.165) is 22.5 Å². The zero-order valence-electron chi connectivity index (χ0n) is 13.9. The molecule has 1 aliphatic rings. The summed E-state index contributed by atoms with van der Waals surface area (Å²) in [5, 5.41) is 3.49. The van der Waals surface area contributed by atoms with Crippen molar-refractivity contribution in [1.82, 2.24) is 0 Å². The lowest BCUT2D eigenvalue weighted by Gasteiger charge is -2.23. The molecule has 0 saturated carbocycles. The summed E-state index contributed by atoms with van der Waals surface area (Å²) in [7, 11) is 0. The molecule has 2 N–H and O–H groups in total. The third-order valence-corrected chi connectivity index (χ3v) is 4.48. The average molecular weight is 412 g/mol. The maximum absolute atomic E-state index is 12.5. The van der Waals surface area contributed by atoms with Crippen LogP contribution in [0.25, 0.3) is 11.0 Å². The van der Waals surface area contributed by atoms with E-state index >= 15 is 0 Å². The topological polar surface area (TPSA) is 82.2 Å². The van der Waals surface area contributed by atoms with E-state index in [0.29, 0.717) is 36.4 Å². The minimum atomic E-state index is -0.594. The molecule has 1 fully saturated rings. The third-order valence-electron chi connectivity index (χ3n) is 3.99. The highest BCUT2D eigenvalue weighted by atomic mass is 79.9. The molecule has 0 spiro atoms. The summed E-state index contributed by atoms with van der Waals surface area (Å²) >= 11 is 3.40. The van der Waals surface area contributed by atoms with Crippen LogP contribution >= 0.6 is 15.9 Å². The number of carbonyl (C=O) groups excluding carboxylic acids is 2. The first-order valence-electron chi connectivity index (χ1n) is 8.18. The van der Waals surface area contributed by atoms with Crippen LogP contribution in [0.3, 0.4) is 0 Å². The van der Waals surface area contributed by atoms with E-state index < -0.39 is 5.97 Å². The van der Waals surface area contributed by atoms with Crippen molar-refractivity contribution in [3.63, 3.8) is 0 Å². The van der Waals surface area contributed by atoms with Crippen LogP contribution in [-0.2, 0) is 14.3 Å². The zero-order chi connectivity index (χ0) is 17.8. The zero-order valence-corrected chi connectivity index (χ0v) is 15.5. The van der Waals surface area contributed by atoms with Gasteiger partial charge in [0.1, 0.15) is 24.4 Å². The number of halogens is 1. The molecule has 1 aliphatic heterocycles. The molecule has 134 valence electrons. The Morgan fingerprint density at radius 1 is 1.32 bits per heavy atom. The fraction of sp³-hybridized carbons (Fsp3) is 0.412. The number of benzene rings is 1. The maximum Gasteiger partial charge on any atom is 0.376 e. The van der Waals surface area contributed by atoms with Gasteiger partial charge in [-0.2, -0.15) is 0 Å². The van der Waals surface area contributed by atoms with Crippen molar-refractivity contribution in [1.29, 1.82) is 0 Å². The number of anilines is 1. The van der Waals surface area contributed by atoms with E-state index in [-0.39, 0.29) is 18.3 Å². The SMILES string of the molecule is CCOC(=O)c1oc2ccc(Br)cc2c1NC(=O)C[NH+]1CCOCC1. The molecule has 1 aromatic heterocycles. The molecule has 1 saturated heterocycles. The molecule has 2 aromatic rings. The number of rotatable bonds is 5. The number of furan rings is 1. The van der Waals surface area contributed by atoms with Crippen LogP contribution in [0, 0.1) is 0 Å². The van der Waals surface area contributed by atoms with E-state index in [1.54, 1.807) is 19.1 Å². The molecule has 0 unspecified atom stereocenters. The van der Waals surface area contributed by atoms with Crippen molar-refractivity contribution < 1.29 is 28.4 Å². The Bertz CT molecular complexity index is 783. The van der Waals surface area contributed by atoms with E-state index in [1.165, 1.54) is 0 Å². The van der Waals surface area contributed by atoms with Crippen LogP contribution in [0.5, 0.6) is 0 Å². The molecule has 3 rings (SSSR count). The summed E-state index contributed by atoms with van der Waals surface area (Å²) in [6.45, 7) is 5.14. The molecular weight excluding hydrogens is 392 g/mol. The number of morpholine rings is 1. The van der Waals surface area contributed by atoms with Gasteiger partial charge in [-0.05, 0) is 25.1 Å². The Balaban J connectivity index is 1.86. The number of hydrogen-bond acceptors (Lipinski definition) is 5. The molecule has 1 amide bonds. The van der Waals surface area contributed by atoms with Gasteiger partial charge in [-0.3, -0.25) is 4.79 Å². The smallest absolute Gasteiger partial charge is 0.376 e. The number of amides is 1. The van der Waals surface area contributed by atoms with E-state index in [9.17, 15) is 9.59 Å². The summed E-state index contributed by atoms with van der Waals surface area (Å²) in [6.07, 6.45) is 0. The van der Waals surface area contributed by atoms with Gasteiger partial charge in [-0.1, -0.05) is 15.9 Å². The average Bonchev–Trinajstić information content (AvgIpc) is 2.94. The summed E-state index contributed by atoms with van der Waals surface area (Å²) in [5.74, 6) is -0.755. The Morgan fingerprint density at radius 3 is 2.80 bits per heavy atom. The molecule has 7 nitrogen and oxygen atoms in total. The van der Waals surface area contributed by atoms with Gasteiger partial charge in [0.25, 0.3) is 5.91 Å². The molecule has 0 atom stereocenters. The van der Waals surface area contributed by atoms with Crippen LogP contribution in [0.4, 0.5) is 5.69 Å². The van der Waals surface area contributed by atoms with Crippen LogP contribution in [0.2, 0.25) is 0 Å². The molecule has 1 aromatic carbocycles. The first kappa shape index (κ1) is 17.9. The van der Waals surface area contributed by atoms with Crippen molar-refractivity contribution in [2.24, 2.45) is 0 Å². The van der Waals surface area contributed by atoms with Crippen LogP contribution in [-0.4, -0.2) is 51.3 Å². The minimum Gasteiger partial charge on any atom is -0.460 e. The Labute approximate surface area is 153 Å². The fourth-order valence-corrected chi connectivity index (χ4v) is 3.14. The van der Waals surface area contributed by atoms with Crippen molar-refractivity contribution >= 4 is 44.5 Å². The van der Waals surface area contributed by atoms with Gasteiger partial charge < -0.3 is 24.1 Å². The summed E-state index contributed by atoms with van der Waals surface area (Å²) in [4.78, 5) is 25.8. The lowest BCUT2D eigenvalue weighted by atomic mass is 10.2. The van der Waals surface area contributed by atoms with Gasteiger partial charge in [0.05, 0.1) is 19.8 Å². The highest BCUT2D eigenvalue weighted by Gasteiger charge is 2.25. The Kier molecular flexibility index (Phi) is 5.72. The van der Waals surface area contributed by atoms with Crippen molar-refractivity contribution in [2.75, 3.05) is 44.8 Å². The summed E-state index contributed by atoms with van der Waals surface area (Å²) in [6, 6.07) is 5.36. The monoisotopic (exact) mass is 411 g/mol. The van der Waals surface area contributed by atoms with Gasteiger partial charge in [0.2, 0.25) is 5.76 Å². The normalized spacial score (nSPS) is 15.3. The van der Waals surface area contributed by atoms with Gasteiger partial charge in [0.15, 0.2) is 6.54 Å². The minimum absolute atomic E-state index is 0.0141. The van der Waals surface area contributed by atoms with Gasteiger partial charge in [0, 0.05) is 9.86 Å². The molecule has 0 bridgehead atoms. The molecular formula is C17H20BrN2O5+. The molecule has 2 heterocycles. The number of esters is 1. The lowest BCUT2D eigenvalue weighted by Crippen LogP contribution is -3.15. The Morgan fingerprint density at radius 2 is 2.08 bits per heavy atom. The second-order valence-electron chi connectivity index (χ2n) is 5.75. The molecule has 0 aliphatic carbocycles. The van der Waals surface area contributed by atoms with Crippen LogP contribution in [0.1, 0.15) is 17.5 Å². The van der Waals surface area contributed by atoms with Crippen LogP contribution in [0.15, 0.2) is 27.1 Å². The van der Waals surface area contributed by atoms with E-state index in [2.05, 4.69) is 21.2 Å². The Hall–Kier alpha value is -1.90. The van der Waals surface area contributed by atoms with E-state index in [1.807, 2.05) is 6.07 Å². The number of nitrogens with one attached hydrogen (secondary N) is 2. The van der Waals surface area contributed by atoms with Crippen molar-refractivity contribution in [3.05, 3.63) is 28.4 Å². The second-order valence-corrected chi connectivity index (χ2v) is 6.67. The molecule has 25 heavy (non-hydrogen) atoms. The standard InChI is InChI=1S/C17H19BrN2O5/c1-2-24-17(22)16-15(12-9-11(18)3-4-13(12)25-16)19-14(21)10-20-5-7-23-8-6-20/h3-4,9H,2,5-8,10H2,1H3,(H,19,21)/p+1. The lowest BCUT2D eigenvalue weighted by molar-refractivity contribution is -0.899. The van der Waals surface area contributed by atoms with Crippen LogP contribution < -0.4 is 10.2 Å². The number of hydrogen-bond donors (Lipinski definition) is 2. The number of quaternary nitrogens is 1. The summed E-state index contributed by atoms with van der Waals surface area (Å²) in [5.41, 5.74) is 0.868. The van der Waals surface area contributed by atoms with E-state index in [4.69, 9.17) is 13.9 Å². The number of ether oxygens (including phenoxy) is 2. The van der Waals surface area contributed by atoms with Gasteiger partial charge in [-0.25, -0.2) is 4.79 Å². The van der Waals surface area contributed by atoms with Crippen molar-refractivity contribution in [2.45, 2.75) is 6.92 Å². The predicted octanol–water partition coefficient (Wildman–Crippen LogP) is 1.23. The highest BCUT2D eigenvalue weighted by Crippen LogP contribution is 2.33. The van der Waals surface area contributed by atoms with Crippen molar-refractivity contribution in [3.8, 4) is 0 Å². The quantitative estimate of drug-likeness (QED) is 0.722. The van der Waals surface area contributed by atoms with Gasteiger partial charge >= 0.3 is 5.97 Å². The first-order valence-corrected chi connectivity index (χ1v) is 8.98. The third kappa shape index (κ3) is 4.20. The number of fused-ring (bicyclic) bond motifs is 1. The summed E-state index contributed by atoms with van der Waals surface area (Å²) < 4.78 is 16.8. The highest BCUT2D eigenvalue weighted by molar-refractivity contribution is 9.10. The van der Waals surface area contributed by atoms with Gasteiger partial charge in [-0.15, -0.1) is 0 Å². The predicted molar refractivity (Wildman–Crippen MR) is 94.9 cm³/mol. The largest absolute Gasteiger partial charge is 0.460 e. The fourth-order valence-electron chi connectivity index (χ4n) is 2.78. The number of carbonyl (C=O) groups is 2.